The molecule has 0 saturated carbocycles. The summed E-state index contributed by atoms with van der Waals surface area (Å²) in [4.78, 5) is 17.0. The molecule has 1 amide bonds. The van der Waals surface area contributed by atoms with Gasteiger partial charge in [-0.3, -0.25) is 4.90 Å². The fourth-order valence-electron chi connectivity index (χ4n) is 3.48. The third kappa shape index (κ3) is 3.99. The van der Waals surface area contributed by atoms with Crippen LogP contribution in [0.15, 0.2) is 12.3 Å². The van der Waals surface area contributed by atoms with E-state index >= 15 is 0 Å². The summed E-state index contributed by atoms with van der Waals surface area (Å²) in [6, 6.07) is 1.65. The van der Waals surface area contributed by atoms with Gasteiger partial charge in [0.2, 0.25) is 0 Å². The lowest BCUT2D eigenvalue weighted by Crippen LogP contribution is -2.59. The van der Waals surface area contributed by atoms with Crippen molar-refractivity contribution in [3.8, 4) is 5.75 Å². The lowest BCUT2D eigenvalue weighted by Gasteiger charge is -2.46. The highest BCUT2D eigenvalue weighted by Crippen LogP contribution is 2.46. The van der Waals surface area contributed by atoms with Gasteiger partial charge >= 0.3 is 6.09 Å². The lowest BCUT2D eigenvalue weighted by molar-refractivity contribution is -0.00548. The Morgan fingerprint density at radius 1 is 1.56 bits per heavy atom. The van der Waals surface area contributed by atoms with Gasteiger partial charge in [0.1, 0.15) is 6.61 Å². The summed E-state index contributed by atoms with van der Waals surface area (Å²) in [5.74, 6) is -0.557. The molecule has 1 N–H and O–H groups in total. The summed E-state index contributed by atoms with van der Waals surface area (Å²) in [6.45, 7) is 6.84. The Kier molecular flexibility index (Phi) is 6.13. The maximum Gasteiger partial charge on any atom is 0.407 e. The lowest BCUT2D eigenvalue weighted by atomic mass is 9.71. The number of methoxy groups -OCH3 is 1. The third-order valence-corrected chi connectivity index (χ3v) is 5.73. The Morgan fingerprint density at radius 3 is 2.76 bits per heavy atom. The van der Waals surface area contributed by atoms with Gasteiger partial charge in [-0.15, -0.1) is 0 Å². The summed E-state index contributed by atoms with van der Waals surface area (Å²) < 4.78 is 25.6. The predicted molar refractivity (Wildman–Crippen MR) is 99.3 cm³/mol. The first-order chi connectivity index (χ1) is 11.6. The van der Waals surface area contributed by atoms with Crippen molar-refractivity contribution in [2.75, 3.05) is 26.9 Å². The van der Waals surface area contributed by atoms with Crippen molar-refractivity contribution in [2.45, 2.75) is 32.7 Å². The number of ether oxygens (including phenoxy) is 2. The fraction of sp³-hybridized carbons (Fsp3) is 0.647. The van der Waals surface area contributed by atoms with Gasteiger partial charge < -0.3 is 14.6 Å². The van der Waals surface area contributed by atoms with E-state index in [1.165, 1.54) is 11.1 Å². The Balaban J connectivity index is 2.36. The van der Waals surface area contributed by atoms with Crippen molar-refractivity contribution < 1.29 is 23.8 Å². The molecule has 0 unspecified atom stereocenters. The molecule has 8 heteroatoms. The van der Waals surface area contributed by atoms with Crippen LogP contribution in [0.2, 0.25) is 0 Å². The van der Waals surface area contributed by atoms with Gasteiger partial charge in [0.25, 0.3) is 5.95 Å². The highest BCUT2D eigenvalue weighted by atomic mass is 127. The molecule has 0 aliphatic carbocycles. The van der Waals surface area contributed by atoms with E-state index < -0.39 is 23.0 Å². The molecule has 0 aromatic carbocycles. The molecular formula is C17H24FIN2O4. The van der Waals surface area contributed by atoms with Crippen LogP contribution in [-0.4, -0.2) is 53.5 Å². The fourth-order valence-corrected chi connectivity index (χ4v) is 4.02. The number of hydrogen-bond acceptors (Lipinski definition) is 4. The van der Waals surface area contributed by atoms with Crippen LogP contribution in [0, 0.1) is 20.9 Å². The highest BCUT2D eigenvalue weighted by Gasteiger charge is 2.55. The molecule has 1 aromatic rings. The molecule has 0 spiro atoms. The average molecular weight is 466 g/mol. The summed E-state index contributed by atoms with van der Waals surface area (Å²) in [7, 11) is 1.60. The Hall–Kier alpha value is -1.16. The van der Waals surface area contributed by atoms with E-state index in [1.807, 2.05) is 43.4 Å². The molecule has 2 heterocycles. The van der Waals surface area contributed by atoms with Gasteiger partial charge in [0, 0.05) is 25.8 Å². The van der Waals surface area contributed by atoms with Crippen LogP contribution in [0.1, 0.15) is 27.2 Å². The second-order valence-corrected chi connectivity index (χ2v) is 8.56. The van der Waals surface area contributed by atoms with Gasteiger partial charge in [-0.1, -0.05) is 20.8 Å². The van der Waals surface area contributed by atoms with Gasteiger partial charge in [-0.05, 0) is 40.5 Å². The van der Waals surface area contributed by atoms with Gasteiger partial charge in [-0.25, -0.2) is 9.78 Å². The van der Waals surface area contributed by atoms with Crippen LogP contribution in [-0.2, 0) is 4.74 Å². The normalized spacial score (nSPS) is 23.8. The van der Waals surface area contributed by atoms with Crippen LogP contribution in [0.25, 0.3) is 0 Å². The summed E-state index contributed by atoms with van der Waals surface area (Å²) in [5.41, 5.74) is -1.19. The smallest absolute Gasteiger partial charge is 0.407 e. The van der Waals surface area contributed by atoms with Crippen molar-refractivity contribution in [1.82, 2.24) is 9.88 Å². The molecule has 1 aliphatic heterocycles. The van der Waals surface area contributed by atoms with E-state index in [0.717, 1.165) is 0 Å². The van der Waals surface area contributed by atoms with E-state index in [9.17, 15) is 14.3 Å². The minimum Gasteiger partial charge on any atom is -0.485 e. The van der Waals surface area contributed by atoms with Crippen LogP contribution < -0.4 is 4.74 Å². The number of halogens is 2. The van der Waals surface area contributed by atoms with Crippen molar-refractivity contribution >= 4 is 28.7 Å². The maximum absolute atomic E-state index is 14.0. The maximum atomic E-state index is 14.0. The first-order valence-corrected chi connectivity index (χ1v) is 9.12. The van der Waals surface area contributed by atoms with Crippen molar-refractivity contribution in [1.29, 1.82) is 0 Å². The molecule has 1 saturated heterocycles. The first-order valence-electron chi connectivity index (χ1n) is 8.04. The number of carbonyl (C=O) groups is 1. The first kappa shape index (κ1) is 20.2. The number of hydrogen-bond donors (Lipinski definition) is 1. The second kappa shape index (κ2) is 7.61. The number of carboxylic acid groups (broad SMARTS) is 1. The molecule has 1 aromatic heterocycles. The highest BCUT2D eigenvalue weighted by molar-refractivity contribution is 14.1. The number of rotatable bonds is 5. The monoisotopic (exact) mass is 466 g/mol. The molecule has 1 aliphatic rings. The number of amides is 1. The third-order valence-electron chi connectivity index (χ3n) is 4.88. The van der Waals surface area contributed by atoms with Gasteiger partial charge in [0.15, 0.2) is 5.75 Å². The summed E-state index contributed by atoms with van der Waals surface area (Å²) in [5, 5.41) is 9.75. The topological polar surface area (TPSA) is 71.9 Å². The van der Waals surface area contributed by atoms with E-state index in [1.54, 1.807) is 13.2 Å². The molecule has 140 valence electrons. The number of aromatic nitrogens is 1. The molecule has 6 nitrogen and oxygen atoms in total. The molecule has 0 bridgehead atoms. The summed E-state index contributed by atoms with van der Waals surface area (Å²) >= 11 is 1.98. The molecule has 2 atom stereocenters. The van der Waals surface area contributed by atoms with Gasteiger partial charge in [-0.2, -0.15) is 4.39 Å². The molecule has 0 radical (unpaired) electrons. The standard InChI is InChI=1S/C17H24FIN2O4/c1-16(2,3)17(7-11(9-24-4)8-21(17)15(22)23)10-25-13-12(19)5-6-20-14(13)18/h5-6,11H,7-10H2,1-4H3,(H,22,23)/t11-,17+/m0/s1. The van der Waals surface area contributed by atoms with Crippen LogP contribution in [0.3, 0.4) is 0 Å². The van der Waals surface area contributed by atoms with Gasteiger partial charge in [0.05, 0.1) is 15.7 Å². The average Bonchev–Trinajstić information content (AvgIpc) is 2.87. The van der Waals surface area contributed by atoms with Crippen LogP contribution in [0.4, 0.5) is 9.18 Å². The predicted octanol–water partition coefficient (Wildman–Crippen LogP) is 3.64. The molecular weight excluding hydrogens is 442 g/mol. The minimum atomic E-state index is -1.00. The largest absolute Gasteiger partial charge is 0.485 e. The number of pyridine rings is 1. The van der Waals surface area contributed by atoms with E-state index in [4.69, 9.17) is 9.47 Å². The molecule has 2 rings (SSSR count). The zero-order chi connectivity index (χ0) is 18.8. The second-order valence-electron chi connectivity index (χ2n) is 7.40. The van der Waals surface area contributed by atoms with Crippen LogP contribution >= 0.6 is 22.6 Å². The SMILES string of the molecule is COC[C@@H]1CN(C(=O)O)[C@](COc2c(I)ccnc2F)(C(C)(C)C)C1. The molecule has 1 fully saturated rings. The Morgan fingerprint density at radius 2 is 2.24 bits per heavy atom. The number of nitrogens with zero attached hydrogens (tertiary/aromatic N) is 2. The number of likely N-dealkylation sites (tertiary alicyclic amines) is 1. The van der Waals surface area contributed by atoms with E-state index in [0.29, 0.717) is 23.1 Å². The Labute approximate surface area is 160 Å². The van der Waals surface area contributed by atoms with E-state index in [2.05, 4.69) is 4.98 Å². The zero-order valence-corrected chi connectivity index (χ0v) is 17.0. The van der Waals surface area contributed by atoms with E-state index in [-0.39, 0.29) is 18.3 Å². The molecule has 25 heavy (non-hydrogen) atoms. The van der Waals surface area contributed by atoms with Crippen molar-refractivity contribution in [3.05, 3.63) is 21.8 Å². The zero-order valence-electron chi connectivity index (χ0n) is 14.9. The van der Waals surface area contributed by atoms with Crippen LogP contribution in [0.5, 0.6) is 5.75 Å². The minimum absolute atomic E-state index is 0.0572. The van der Waals surface area contributed by atoms with Crippen molar-refractivity contribution in [3.63, 3.8) is 0 Å². The summed E-state index contributed by atoms with van der Waals surface area (Å²) in [6.07, 6.45) is 0.963. The Bertz CT molecular complexity index is 617. The van der Waals surface area contributed by atoms with Crippen molar-refractivity contribution in [2.24, 2.45) is 11.3 Å². The quantitative estimate of drug-likeness (QED) is 0.530.